The number of morpholine rings is 1. The molecule has 1 saturated heterocycles. The molecule has 1 aromatic rings. The molecule has 1 aliphatic heterocycles. The molecular formula is C13H19N5O2. The van der Waals surface area contributed by atoms with Crippen molar-refractivity contribution in [2.45, 2.75) is 19.9 Å². The van der Waals surface area contributed by atoms with Crippen LogP contribution < -0.4 is 5.32 Å². The maximum atomic E-state index is 12.3. The Morgan fingerprint density at radius 1 is 1.50 bits per heavy atom. The van der Waals surface area contributed by atoms with Crippen molar-refractivity contribution in [1.29, 1.82) is 5.26 Å². The molecule has 1 N–H and O–H groups in total. The number of nitrogens with zero attached hydrogens (tertiary/aromatic N) is 4. The van der Waals surface area contributed by atoms with Gasteiger partial charge in [-0.1, -0.05) is 0 Å². The molecule has 7 nitrogen and oxygen atoms in total. The molecule has 7 heteroatoms. The van der Waals surface area contributed by atoms with Crippen LogP contribution in [0.2, 0.25) is 0 Å². The Hall–Kier alpha value is -2.07. The van der Waals surface area contributed by atoms with Crippen LogP contribution in [-0.4, -0.2) is 52.9 Å². The number of carbonyl (C=O) groups is 1. The van der Waals surface area contributed by atoms with E-state index in [2.05, 4.69) is 16.5 Å². The number of nitrogens with one attached hydrogen (secondary N) is 1. The minimum absolute atomic E-state index is 0.0102. The summed E-state index contributed by atoms with van der Waals surface area (Å²) >= 11 is 0. The van der Waals surface area contributed by atoms with Crippen LogP contribution in [0.3, 0.4) is 0 Å². The smallest absolute Gasteiger partial charge is 0.244 e. The van der Waals surface area contributed by atoms with Gasteiger partial charge in [0, 0.05) is 20.1 Å². The van der Waals surface area contributed by atoms with Crippen LogP contribution in [0, 0.1) is 18.3 Å². The molecule has 0 bridgehead atoms. The maximum Gasteiger partial charge on any atom is 0.244 e. The number of hydrogen-bond donors (Lipinski definition) is 1. The lowest BCUT2D eigenvalue weighted by Crippen LogP contribution is -2.47. The van der Waals surface area contributed by atoms with E-state index in [0.29, 0.717) is 43.4 Å². The summed E-state index contributed by atoms with van der Waals surface area (Å²) in [5, 5.41) is 16.4. The van der Waals surface area contributed by atoms with Crippen molar-refractivity contribution in [1.82, 2.24) is 14.7 Å². The van der Waals surface area contributed by atoms with Crippen molar-refractivity contribution in [3.05, 3.63) is 11.3 Å². The number of amides is 1. The molecule has 1 unspecified atom stereocenters. The first-order valence-corrected chi connectivity index (χ1v) is 6.61. The number of aryl methyl sites for hydroxylation is 2. The van der Waals surface area contributed by atoms with Gasteiger partial charge >= 0.3 is 0 Å². The summed E-state index contributed by atoms with van der Waals surface area (Å²) < 4.78 is 6.83. The van der Waals surface area contributed by atoms with Crippen molar-refractivity contribution in [3.8, 4) is 6.07 Å². The summed E-state index contributed by atoms with van der Waals surface area (Å²) in [5.41, 5.74) is 1.14. The molecule has 0 spiro atoms. The monoisotopic (exact) mass is 277 g/mol. The van der Waals surface area contributed by atoms with Gasteiger partial charge in [0.15, 0.2) is 0 Å². The van der Waals surface area contributed by atoms with Crippen LogP contribution in [0.5, 0.6) is 0 Å². The predicted molar refractivity (Wildman–Crippen MR) is 73.1 cm³/mol. The van der Waals surface area contributed by atoms with E-state index in [4.69, 9.17) is 10.00 Å². The lowest BCUT2D eigenvalue weighted by atomic mass is 10.2. The highest BCUT2D eigenvalue weighted by molar-refractivity contribution is 5.84. The van der Waals surface area contributed by atoms with Gasteiger partial charge in [0.2, 0.25) is 5.91 Å². The van der Waals surface area contributed by atoms with E-state index in [1.165, 1.54) is 0 Å². The molecule has 1 aliphatic rings. The fourth-order valence-electron chi connectivity index (χ4n) is 2.28. The third kappa shape index (κ3) is 2.75. The zero-order chi connectivity index (χ0) is 14.7. The number of carbonyl (C=O) groups excluding carboxylic acids is 1. The number of rotatable bonds is 3. The Kier molecular flexibility index (Phi) is 4.25. The maximum absolute atomic E-state index is 12.3. The van der Waals surface area contributed by atoms with Crippen molar-refractivity contribution in [3.63, 3.8) is 0 Å². The van der Waals surface area contributed by atoms with Gasteiger partial charge in [0.25, 0.3) is 0 Å². The molecule has 20 heavy (non-hydrogen) atoms. The molecular weight excluding hydrogens is 258 g/mol. The molecule has 0 aromatic carbocycles. The Bertz CT molecular complexity index is 540. The fraction of sp³-hybridized carbons (Fsp3) is 0.615. The Labute approximate surface area is 118 Å². The van der Waals surface area contributed by atoms with Crippen LogP contribution in [0.4, 0.5) is 5.82 Å². The van der Waals surface area contributed by atoms with Gasteiger partial charge in [0.1, 0.15) is 23.5 Å². The second-order valence-electron chi connectivity index (χ2n) is 4.85. The van der Waals surface area contributed by atoms with E-state index in [0.717, 1.165) is 0 Å². The third-order valence-electron chi connectivity index (χ3n) is 3.38. The largest absolute Gasteiger partial charge is 0.378 e. The lowest BCUT2D eigenvalue weighted by molar-refractivity contribution is -0.135. The van der Waals surface area contributed by atoms with Crippen molar-refractivity contribution >= 4 is 11.7 Å². The van der Waals surface area contributed by atoms with Gasteiger partial charge in [-0.15, -0.1) is 0 Å². The second kappa shape index (κ2) is 5.92. The molecule has 0 aliphatic carbocycles. The van der Waals surface area contributed by atoms with E-state index in [1.54, 1.807) is 30.5 Å². The highest BCUT2D eigenvalue weighted by atomic mass is 16.5. The standard InChI is InChI=1S/C13H19N5O2/c1-9-11(8-14)12(17(3)16-9)15-10(2)13(19)18-4-6-20-7-5-18/h10,15H,4-7H2,1-3H3. The highest BCUT2D eigenvalue weighted by Gasteiger charge is 2.24. The van der Waals surface area contributed by atoms with Crippen LogP contribution in [0.15, 0.2) is 0 Å². The summed E-state index contributed by atoms with van der Waals surface area (Å²) in [5.74, 6) is 0.593. The molecule has 1 fully saturated rings. The van der Waals surface area contributed by atoms with Crippen molar-refractivity contribution in [2.24, 2.45) is 7.05 Å². The average molecular weight is 277 g/mol. The van der Waals surface area contributed by atoms with Gasteiger partial charge in [-0.2, -0.15) is 10.4 Å². The van der Waals surface area contributed by atoms with Crippen LogP contribution in [0.25, 0.3) is 0 Å². The summed E-state index contributed by atoms with van der Waals surface area (Å²) in [4.78, 5) is 14.1. The Morgan fingerprint density at radius 2 is 2.15 bits per heavy atom. The second-order valence-corrected chi connectivity index (χ2v) is 4.85. The first-order chi connectivity index (χ1) is 9.54. The Morgan fingerprint density at radius 3 is 2.75 bits per heavy atom. The molecule has 0 radical (unpaired) electrons. The SMILES string of the molecule is Cc1nn(C)c(NC(C)C(=O)N2CCOCC2)c1C#N. The van der Waals surface area contributed by atoms with Crippen LogP contribution >= 0.6 is 0 Å². The number of anilines is 1. The van der Waals surface area contributed by atoms with Crippen LogP contribution in [-0.2, 0) is 16.6 Å². The van der Waals surface area contributed by atoms with Crippen molar-refractivity contribution in [2.75, 3.05) is 31.6 Å². The lowest BCUT2D eigenvalue weighted by Gasteiger charge is -2.29. The van der Waals surface area contributed by atoms with Gasteiger partial charge < -0.3 is 15.0 Å². The number of ether oxygens (including phenoxy) is 1. The normalized spacial score (nSPS) is 16.6. The minimum atomic E-state index is -0.407. The zero-order valence-electron chi connectivity index (χ0n) is 12.0. The van der Waals surface area contributed by atoms with E-state index < -0.39 is 6.04 Å². The van der Waals surface area contributed by atoms with E-state index in [1.807, 2.05) is 0 Å². The number of nitriles is 1. The van der Waals surface area contributed by atoms with E-state index in [9.17, 15) is 4.79 Å². The van der Waals surface area contributed by atoms with Gasteiger partial charge in [-0.25, -0.2) is 0 Å². The summed E-state index contributed by atoms with van der Waals surface area (Å²) in [6.07, 6.45) is 0. The summed E-state index contributed by atoms with van der Waals surface area (Å²) in [7, 11) is 1.75. The first kappa shape index (κ1) is 14.3. The molecule has 2 rings (SSSR count). The van der Waals surface area contributed by atoms with E-state index in [-0.39, 0.29) is 5.91 Å². The quantitative estimate of drug-likeness (QED) is 0.857. The predicted octanol–water partition coefficient (Wildman–Crippen LogP) is 0.259. The van der Waals surface area contributed by atoms with Crippen molar-refractivity contribution < 1.29 is 9.53 Å². The molecule has 0 saturated carbocycles. The Balaban J connectivity index is 2.09. The van der Waals surface area contributed by atoms with Crippen LogP contribution in [0.1, 0.15) is 18.2 Å². The third-order valence-corrected chi connectivity index (χ3v) is 3.38. The molecule has 1 atom stereocenters. The van der Waals surface area contributed by atoms with Gasteiger partial charge in [0.05, 0.1) is 18.9 Å². The molecule has 1 amide bonds. The average Bonchev–Trinajstić information content (AvgIpc) is 2.72. The topological polar surface area (TPSA) is 83.2 Å². The molecule has 2 heterocycles. The number of aromatic nitrogens is 2. The highest BCUT2D eigenvalue weighted by Crippen LogP contribution is 2.18. The first-order valence-electron chi connectivity index (χ1n) is 6.61. The number of hydrogen-bond acceptors (Lipinski definition) is 5. The molecule has 1 aromatic heterocycles. The summed E-state index contributed by atoms with van der Waals surface area (Å²) in [6.45, 7) is 5.94. The van der Waals surface area contributed by atoms with Gasteiger partial charge in [-0.05, 0) is 13.8 Å². The minimum Gasteiger partial charge on any atom is -0.378 e. The van der Waals surface area contributed by atoms with Gasteiger partial charge in [-0.3, -0.25) is 9.48 Å². The van der Waals surface area contributed by atoms with E-state index >= 15 is 0 Å². The zero-order valence-corrected chi connectivity index (χ0v) is 12.0. The fourth-order valence-corrected chi connectivity index (χ4v) is 2.28. The summed E-state index contributed by atoms with van der Waals surface area (Å²) in [6, 6.07) is 1.71. The molecule has 108 valence electrons.